The van der Waals surface area contributed by atoms with Crippen molar-refractivity contribution in [1.82, 2.24) is 10.2 Å². The molecule has 0 heterocycles. The minimum absolute atomic E-state index is 0.194. The summed E-state index contributed by atoms with van der Waals surface area (Å²) < 4.78 is 0. The zero-order valence-corrected chi connectivity index (χ0v) is 17.8. The number of nitrogens with one attached hydrogen (secondary N) is 2. The van der Waals surface area contributed by atoms with E-state index in [1.54, 1.807) is 24.3 Å². The number of nitrogens with zero attached hydrogens (tertiary/aromatic N) is 1. The van der Waals surface area contributed by atoms with Crippen LogP contribution in [0.3, 0.4) is 0 Å². The summed E-state index contributed by atoms with van der Waals surface area (Å²) in [5.41, 5.74) is 3.21. The van der Waals surface area contributed by atoms with Gasteiger partial charge in [0.25, 0.3) is 5.91 Å². The molecule has 2 rings (SSSR count). The maximum atomic E-state index is 12.8. The highest BCUT2D eigenvalue weighted by Crippen LogP contribution is 2.22. The van der Waals surface area contributed by atoms with Crippen molar-refractivity contribution in [2.45, 2.75) is 18.9 Å². The number of ketones is 1. The second kappa shape index (κ2) is 11.8. The molecule has 0 radical (unpaired) electrons. The van der Waals surface area contributed by atoms with Crippen LogP contribution in [-0.4, -0.2) is 72.6 Å². The number of benzene rings is 2. The highest BCUT2D eigenvalue weighted by atomic mass is 16.3. The third-order valence-corrected chi connectivity index (χ3v) is 4.93. The topological polar surface area (TPSA) is 119 Å². The number of amides is 2. The van der Waals surface area contributed by atoms with Crippen molar-refractivity contribution in [2.24, 2.45) is 0 Å². The van der Waals surface area contributed by atoms with Crippen LogP contribution in [0.4, 0.5) is 5.69 Å². The van der Waals surface area contributed by atoms with Crippen LogP contribution >= 0.6 is 0 Å². The minimum atomic E-state index is -1.39. The molecular formula is C23H29N3O5. The second-order valence-corrected chi connectivity index (χ2v) is 7.07. The number of aliphatic hydroxyl groups is 2. The van der Waals surface area contributed by atoms with Gasteiger partial charge in [0.1, 0.15) is 6.61 Å². The predicted octanol–water partition coefficient (Wildman–Crippen LogP) is 1.29. The number of carbonyl (C=O) groups excluding carboxylic acids is 3. The van der Waals surface area contributed by atoms with E-state index < -0.39 is 30.2 Å². The first-order valence-corrected chi connectivity index (χ1v) is 10.1. The molecule has 8 heteroatoms. The van der Waals surface area contributed by atoms with Gasteiger partial charge in [-0.1, -0.05) is 24.3 Å². The third kappa shape index (κ3) is 6.37. The Bertz CT molecular complexity index is 865. The average Bonchev–Trinajstić information content (AvgIpc) is 2.81. The number of hydrogen-bond donors (Lipinski definition) is 4. The molecule has 2 aromatic carbocycles. The lowest BCUT2D eigenvalue weighted by Crippen LogP contribution is -2.52. The number of unbranched alkanes of at least 4 members (excludes halogenated alkanes) is 1. The van der Waals surface area contributed by atoms with Gasteiger partial charge in [-0.05, 0) is 48.2 Å². The molecule has 1 unspecified atom stereocenters. The summed E-state index contributed by atoms with van der Waals surface area (Å²) in [4.78, 5) is 37.7. The summed E-state index contributed by atoms with van der Waals surface area (Å²) in [5.74, 6) is -1.90. The Labute approximate surface area is 181 Å². The van der Waals surface area contributed by atoms with Crippen LogP contribution in [0.25, 0.3) is 11.1 Å². The van der Waals surface area contributed by atoms with Gasteiger partial charge in [-0.25, -0.2) is 0 Å². The van der Waals surface area contributed by atoms with E-state index in [1.165, 1.54) is 14.1 Å². The number of anilines is 1. The lowest BCUT2D eigenvalue weighted by atomic mass is 10.0. The van der Waals surface area contributed by atoms with Crippen molar-refractivity contribution in [3.05, 3.63) is 54.1 Å². The Morgan fingerprint density at radius 3 is 2.03 bits per heavy atom. The fourth-order valence-electron chi connectivity index (χ4n) is 3.14. The number of carbonyl (C=O) groups is 3. The van der Waals surface area contributed by atoms with E-state index in [4.69, 9.17) is 10.2 Å². The summed E-state index contributed by atoms with van der Waals surface area (Å²) in [6.45, 7) is 0.153. The molecule has 0 aliphatic carbocycles. The van der Waals surface area contributed by atoms with Gasteiger partial charge in [0.15, 0.2) is 11.8 Å². The van der Waals surface area contributed by atoms with E-state index in [0.717, 1.165) is 41.1 Å². The SMILES string of the molecule is CNC(=O)C(C(=O)CO)N(C)C(=O)c1ccc(-c2ccc(NCCCCO)cc2)cc1. The highest BCUT2D eigenvalue weighted by Gasteiger charge is 2.32. The molecule has 2 amide bonds. The van der Waals surface area contributed by atoms with E-state index >= 15 is 0 Å². The standard InChI is InChI=1S/C23H29N3O5/c1-24-22(30)21(20(29)15-28)26(2)23(31)18-7-5-16(6-8-18)17-9-11-19(12-10-17)25-13-3-4-14-27/h5-12,21,25,27-28H,3-4,13-15H2,1-2H3,(H,24,30). The number of aliphatic hydroxyl groups excluding tert-OH is 2. The molecule has 0 aromatic heterocycles. The quantitative estimate of drug-likeness (QED) is 0.317. The summed E-state index contributed by atoms with van der Waals surface area (Å²) in [7, 11) is 2.72. The molecule has 4 N–H and O–H groups in total. The van der Waals surface area contributed by atoms with Crippen molar-refractivity contribution < 1.29 is 24.6 Å². The van der Waals surface area contributed by atoms with Crippen LogP contribution in [-0.2, 0) is 9.59 Å². The number of Topliss-reactive ketones (excluding diaryl/α,β-unsaturated/α-hetero) is 1. The normalized spacial score (nSPS) is 11.5. The maximum Gasteiger partial charge on any atom is 0.254 e. The Morgan fingerprint density at radius 2 is 1.52 bits per heavy atom. The summed E-state index contributed by atoms with van der Waals surface area (Å²) in [6.07, 6.45) is 1.66. The van der Waals surface area contributed by atoms with Gasteiger partial charge in [-0.3, -0.25) is 14.4 Å². The lowest BCUT2D eigenvalue weighted by Gasteiger charge is -2.25. The average molecular weight is 428 g/mol. The van der Waals surface area contributed by atoms with Crippen molar-refractivity contribution >= 4 is 23.3 Å². The number of likely N-dealkylation sites (N-methyl/N-ethyl adjacent to an activating group) is 2. The molecule has 1 atom stereocenters. The van der Waals surface area contributed by atoms with Crippen LogP contribution in [0.5, 0.6) is 0 Å². The van der Waals surface area contributed by atoms with Crippen LogP contribution in [0.15, 0.2) is 48.5 Å². The molecule has 0 saturated carbocycles. The molecule has 0 spiro atoms. The van der Waals surface area contributed by atoms with Gasteiger partial charge in [0.05, 0.1) is 0 Å². The van der Waals surface area contributed by atoms with E-state index in [-0.39, 0.29) is 6.61 Å². The number of rotatable bonds is 11. The van der Waals surface area contributed by atoms with Gasteiger partial charge in [-0.2, -0.15) is 0 Å². The monoisotopic (exact) mass is 427 g/mol. The Balaban J connectivity index is 2.09. The first-order chi connectivity index (χ1) is 14.9. The van der Waals surface area contributed by atoms with E-state index in [0.29, 0.717) is 5.56 Å². The molecule has 0 saturated heterocycles. The summed E-state index contributed by atoms with van der Waals surface area (Å²) in [5, 5.41) is 23.6. The second-order valence-electron chi connectivity index (χ2n) is 7.07. The maximum absolute atomic E-state index is 12.8. The minimum Gasteiger partial charge on any atom is -0.396 e. The smallest absolute Gasteiger partial charge is 0.254 e. The third-order valence-electron chi connectivity index (χ3n) is 4.93. The van der Waals surface area contributed by atoms with Crippen LogP contribution in [0, 0.1) is 0 Å². The van der Waals surface area contributed by atoms with E-state index in [1.807, 2.05) is 24.3 Å². The van der Waals surface area contributed by atoms with Gasteiger partial charge >= 0.3 is 0 Å². The Morgan fingerprint density at radius 1 is 0.935 bits per heavy atom. The fourth-order valence-corrected chi connectivity index (χ4v) is 3.14. The fraction of sp³-hybridized carbons (Fsp3) is 0.348. The Hall–Kier alpha value is -3.23. The number of hydrogen-bond acceptors (Lipinski definition) is 6. The van der Waals surface area contributed by atoms with Crippen LogP contribution in [0.1, 0.15) is 23.2 Å². The molecule has 0 bridgehead atoms. The van der Waals surface area contributed by atoms with Crippen molar-refractivity contribution in [3.8, 4) is 11.1 Å². The van der Waals surface area contributed by atoms with Crippen LogP contribution in [0.2, 0.25) is 0 Å². The first-order valence-electron chi connectivity index (χ1n) is 10.1. The largest absolute Gasteiger partial charge is 0.396 e. The zero-order chi connectivity index (χ0) is 22.8. The lowest BCUT2D eigenvalue weighted by molar-refractivity contribution is -0.135. The molecule has 0 fully saturated rings. The van der Waals surface area contributed by atoms with Crippen molar-refractivity contribution in [3.63, 3.8) is 0 Å². The van der Waals surface area contributed by atoms with Crippen LogP contribution < -0.4 is 10.6 Å². The predicted molar refractivity (Wildman–Crippen MR) is 119 cm³/mol. The van der Waals surface area contributed by atoms with Gasteiger partial charge < -0.3 is 25.7 Å². The highest BCUT2D eigenvalue weighted by molar-refractivity contribution is 6.10. The zero-order valence-electron chi connectivity index (χ0n) is 17.8. The molecule has 0 aliphatic rings. The van der Waals surface area contributed by atoms with E-state index in [9.17, 15) is 14.4 Å². The van der Waals surface area contributed by atoms with Gasteiger partial charge in [0.2, 0.25) is 5.91 Å². The molecule has 2 aromatic rings. The molecule has 166 valence electrons. The summed E-state index contributed by atoms with van der Waals surface area (Å²) >= 11 is 0. The molecular weight excluding hydrogens is 398 g/mol. The first kappa shape index (κ1) is 24.0. The van der Waals surface area contributed by atoms with Gasteiger partial charge in [0, 0.05) is 38.5 Å². The van der Waals surface area contributed by atoms with Gasteiger partial charge in [-0.15, -0.1) is 0 Å². The van der Waals surface area contributed by atoms with Crippen molar-refractivity contribution in [1.29, 1.82) is 0 Å². The van der Waals surface area contributed by atoms with Crippen molar-refractivity contribution in [2.75, 3.05) is 39.2 Å². The molecule has 8 nitrogen and oxygen atoms in total. The molecule has 0 aliphatic heterocycles. The molecule has 31 heavy (non-hydrogen) atoms. The Kier molecular flexibility index (Phi) is 9.17. The van der Waals surface area contributed by atoms with E-state index in [2.05, 4.69) is 10.6 Å². The summed E-state index contributed by atoms with van der Waals surface area (Å²) in [6, 6.07) is 13.4.